The summed E-state index contributed by atoms with van der Waals surface area (Å²) in [6.45, 7) is 4.87. The molecule has 3 N–H and O–H groups in total. The first kappa shape index (κ1) is 17.7. The summed E-state index contributed by atoms with van der Waals surface area (Å²) in [7, 11) is 0. The predicted octanol–water partition coefficient (Wildman–Crippen LogP) is 1.86. The fourth-order valence-electron chi connectivity index (χ4n) is 3.27. The molecule has 1 amide bonds. The van der Waals surface area contributed by atoms with E-state index < -0.39 is 0 Å². The second-order valence-electron chi connectivity index (χ2n) is 6.59. The summed E-state index contributed by atoms with van der Waals surface area (Å²) in [5.41, 5.74) is -0.122. The van der Waals surface area contributed by atoms with Crippen molar-refractivity contribution in [1.29, 1.82) is 0 Å². The van der Waals surface area contributed by atoms with Gasteiger partial charge in [0, 0.05) is 18.4 Å². The van der Waals surface area contributed by atoms with Crippen LogP contribution in [0.25, 0.3) is 0 Å². The van der Waals surface area contributed by atoms with E-state index in [-0.39, 0.29) is 29.8 Å². The van der Waals surface area contributed by atoms with Crippen molar-refractivity contribution in [3.05, 3.63) is 0 Å². The van der Waals surface area contributed by atoms with E-state index in [1.165, 1.54) is 6.42 Å². The highest BCUT2D eigenvalue weighted by Crippen LogP contribution is 2.35. The molecular weight excluding hydrogens is 276 g/mol. The van der Waals surface area contributed by atoms with Crippen LogP contribution in [0.5, 0.6) is 0 Å². The van der Waals surface area contributed by atoms with E-state index >= 15 is 0 Å². The van der Waals surface area contributed by atoms with Gasteiger partial charge in [0.1, 0.15) is 0 Å². The topological polar surface area (TPSA) is 61.4 Å². The van der Waals surface area contributed by atoms with Crippen molar-refractivity contribution in [3.63, 3.8) is 0 Å². The Balaban J connectivity index is 0.00000200. The molecule has 0 aromatic rings. The third-order valence-corrected chi connectivity index (χ3v) is 4.91. The first-order valence-corrected chi connectivity index (χ1v) is 7.76. The van der Waals surface area contributed by atoms with Crippen LogP contribution in [0.15, 0.2) is 0 Å². The minimum atomic E-state index is -0.263. The van der Waals surface area contributed by atoms with Gasteiger partial charge in [0.25, 0.3) is 0 Å². The molecule has 1 aliphatic carbocycles. The van der Waals surface area contributed by atoms with Gasteiger partial charge >= 0.3 is 0 Å². The lowest BCUT2D eigenvalue weighted by Crippen LogP contribution is -2.45. The molecule has 3 unspecified atom stereocenters. The van der Waals surface area contributed by atoms with Crippen LogP contribution in [-0.4, -0.2) is 36.8 Å². The molecule has 0 aromatic carbocycles. The quantitative estimate of drug-likeness (QED) is 0.726. The Labute approximate surface area is 128 Å². The summed E-state index contributed by atoms with van der Waals surface area (Å²) in [6.07, 6.45) is 6.71. The highest BCUT2D eigenvalue weighted by atomic mass is 35.5. The van der Waals surface area contributed by atoms with Crippen LogP contribution >= 0.6 is 12.4 Å². The van der Waals surface area contributed by atoms with E-state index in [1.807, 2.05) is 0 Å². The van der Waals surface area contributed by atoms with Crippen molar-refractivity contribution in [3.8, 4) is 0 Å². The van der Waals surface area contributed by atoms with E-state index in [4.69, 9.17) is 0 Å². The molecule has 1 saturated heterocycles. The van der Waals surface area contributed by atoms with Gasteiger partial charge in [-0.05, 0) is 44.7 Å². The normalized spacial score (nSPS) is 33.5. The van der Waals surface area contributed by atoms with Crippen LogP contribution in [0.4, 0.5) is 0 Å². The molecule has 2 rings (SSSR count). The number of amides is 1. The second-order valence-corrected chi connectivity index (χ2v) is 6.59. The lowest BCUT2D eigenvalue weighted by atomic mass is 9.73. The summed E-state index contributed by atoms with van der Waals surface area (Å²) in [5.74, 6) is 0.813. The molecule has 4 nitrogen and oxygen atoms in total. The van der Waals surface area contributed by atoms with Crippen molar-refractivity contribution in [2.75, 3.05) is 19.6 Å². The predicted molar refractivity (Wildman–Crippen MR) is 83.1 cm³/mol. The minimum Gasteiger partial charge on any atom is -0.392 e. The Morgan fingerprint density at radius 2 is 2.20 bits per heavy atom. The van der Waals surface area contributed by atoms with E-state index in [2.05, 4.69) is 17.6 Å². The third-order valence-electron chi connectivity index (χ3n) is 4.91. The van der Waals surface area contributed by atoms with E-state index in [9.17, 15) is 9.90 Å². The lowest BCUT2D eigenvalue weighted by Gasteiger charge is -2.38. The number of hydrogen-bond donors (Lipinski definition) is 3. The van der Waals surface area contributed by atoms with Gasteiger partial charge in [0.2, 0.25) is 5.91 Å². The summed E-state index contributed by atoms with van der Waals surface area (Å²) in [4.78, 5) is 11.9. The molecule has 3 atom stereocenters. The molecule has 20 heavy (non-hydrogen) atoms. The van der Waals surface area contributed by atoms with Gasteiger partial charge in [-0.25, -0.2) is 0 Å². The van der Waals surface area contributed by atoms with E-state index in [0.717, 1.165) is 45.2 Å². The second kappa shape index (κ2) is 8.20. The van der Waals surface area contributed by atoms with Crippen LogP contribution in [0, 0.1) is 11.3 Å². The summed E-state index contributed by atoms with van der Waals surface area (Å²) < 4.78 is 0. The molecule has 5 heteroatoms. The molecule has 0 spiro atoms. The molecular formula is C15H29ClN2O2. The standard InChI is InChI=1S/C15H28N2O2.ClH/c1-15(8-3-2-4-13(15)18)11-17-14(19)6-5-12-7-9-16-10-12;/h12-13,16,18H,2-11H2,1H3,(H,17,19);1H. The number of aliphatic hydroxyl groups is 1. The van der Waals surface area contributed by atoms with Gasteiger partial charge < -0.3 is 15.7 Å². The number of carbonyl (C=O) groups is 1. The zero-order valence-corrected chi connectivity index (χ0v) is 13.3. The molecule has 0 radical (unpaired) electrons. The number of carbonyl (C=O) groups excluding carboxylic acids is 1. The van der Waals surface area contributed by atoms with Crippen LogP contribution in [0.3, 0.4) is 0 Å². The fraction of sp³-hybridized carbons (Fsp3) is 0.933. The molecule has 1 heterocycles. The van der Waals surface area contributed by atoms with Gasteiger partial charge in [0.05, 0.1) is 6.10 Å². The molecule has 0 aromatic heterocycles. The molecule has 118 valence electrons. The van der Waals surface area contributed by atoms with Gasteiger partial charge in [-0.1, -0.05) is 19.8 Å². The maximum Gasteiger partial charge on any atom is 0.220 e. The Kier molecular flexibility index (Phi) is 7.27. The van der Waals surface area contributed by atoms with Crippen molar-refractivity contribution < 1.29 is 9.90 Å². The lowest BCUT2D eigenvalue weighted by molar-refractivity contribution is -0.122. The first-order chi connectivity index (χ1) is 9.10. The number of aliphatic hydroxyl groups excluding tert-OH is 1. The highest BCUT2D eigenvalue weighted by molar-refractivity contribution is 5.85. The number of nitrogens with one attached hydrogen (secondary N) is 2. The number of halogens is 1. The van der Waals surface area contributed by atoms with Gasteiger partial charge in [-0.3, -0.25) is 4.79 Å². The average molecular weight is 305 g/mol. The molecule has 1 aliphatic heterocycles. The minimum absolute atomic E-state index is 0. The Morgan fingerprint density at radius 1 is 1.40 bits per heavy atom. The SMILES string of the molecule is CC1(CNC(=O)CCC2CCNC2)CCCCC1O.Cl. The monoisotopic (exact) mass is 304 g/mol. The molecule has 0 bridgehead atoms. The number of hydrogen-bond acceptors (Lipinski definition) is 3. The van der Waals surface area contributed by atoms with Crippen LogP contribution in [-0.2, 0) is 4.79 Å². The van der Waals surface area contributed by atoms with Gasteiger partial charge in [-0.2, -0.15) is 0 Å². The zero-order valence-electron chi connectivity index (χ0n) is 12.5. The van der Waals surface area contributed by atoms with Crippen molar-refractivity contribution in [1.82, 2.24) is 10.6 Å². The third kappa shape index (κ3) is 4.90. The maximum atomic E-state index is 11.9. The smallest absolute Gasteiger partial charge is 0.220 e. The average Bonchev–Trinajstić information content (AvgIpc) is 2.91. The fourth-order valence-corrected chi connectivity index (χ4v) is 3.27. The summed E-state index contributed by atoms with van der Waals surface area (Å²) in [6, 6.07) is 0. The van der Waals surface area contributed by atoms with Crippen LogP contribution < -0.4 is 10.6 Å². The molecule has 1 saturated carbocycles. The van der Waals surface area contributed by atoms with Crippen molar-refractivity contribution in [2.24, 2.45) is 11.3 Å². The molecule has 2 aliphatic rings. The van der Waals surface area contributed by atoms with Crippen molar-refractivity contribution in [2.45, 2.75) is 58.0 Å². The van der Waals surface area contributed by atoms with E-state index in [1.54, 1.807) is 0 Å². The van der Waals surface area contributed by atoms with Crippen molar-refractivity contribution >= 4 is 18.3 Å². The zero-order chi connectivity index (χ0) is 13.7. The number of rotatable bonds is 5. The first-order valence-electron chi connectivity index (χ1n) is 7.76. The summed E-state index contributed by atoms with van der Waals surface area (Å²) >= 11 is 0. The Hall–Kier alpha value is -0.320. The summed E-state index contributed by atoms with van der Waals surface area (Å²) in [5, 5.41) is 16.4. The van der Waals surface area contributed by atoms with Crippen LogP contribution in [0.2, 0.25) is 0 Å². The Bertz CT molecular complexity index is 308. The molecule has 2 fully saturated rings. The highest BCUT2D eigenvalue weighted by Gasteiger charge is 2.35. The largest absolute Gasteiger partial charge is 0.392 e. The Morgan fingerprint density at radius 3 is 2.85 bits per heavy atom. The van der Waals surface area contributed by atoms with Gasteiger partial charge in [0.15, 0.2) is 0 Å². The van der Waals surface area contributed by atoms with Crippen LogP contribution in [0.1, 0.15) is 51.9 Å². The van der Waals surface area contributed by atoms with E-state index in [0.29, 0.717) is 18.9 Å². The maximum absolute atomic E-state index is 11.9. The van der Waals surface area contributed by atoms with Gasteiger partial charge in [-0.15, -0.1) is 12.4 Å².